The fourth-order valence-electron chi connectivity index (χ4n) is 2.04. The maximum Gasteiger partial charge on any atom is 0.239 e. The summed E-state index contributed by atoms with van der Waals surface area (Å²) in [5.74, 6) is -0.0637. The van der Waals surface area contributed by atoms with Crippen LogP contribution in [0.2, 0.25) is 0 Å². The molecule has 0 aliphatic carbocycles. The van der Waals surface area contributed by atoms with Gasteiger partial charge < -0.3 is 15.4 Å². The molecule has 6 nitrogen and oxygen atoms in total. The molecule has 0 radical (unpaired) electrons. The molecule has 1 aromatic heterocycles. The van der Waals surface area contributed by atoms with Gasteiger partial charge in [0.25, 0.3) is 0 Å². The second kappa shape index (κ2) is 8.19. The highest BCUT2D eigenvalue weighted by molar-refractivity contribution is 7.14. The molecule has 2 heterocycles. The molecule has 0 bridgehead atoms. The van der Waals surface area contributed by atoms with E-state index in [9.17, 15) is 4.79 Å². The lowest BCUT2D eigenvalue weighted by atomic mass is 10.2. The van der Waals surface area contributed by atoms with E-state index < -0.39 is 0 Å². The first-order chi connectivity index (χ1) is 10.3. The third kappa shape index (κ3) is 4.23. The Morgan fingerprint density at radius 3 is 2.91 bits per heavy atom. The number of carbonyl (C=O) groups excluding carboxylic acids is 1. The van der Waals surface area contributed by atoms with Crippen molar-refractivity contribution in [2.75, 3.05) is 19.8 Å². The topological polar surface area (TPSA) is 76.1 Å². The molecule has 3 rings (SSSR count). The average molecular weight is 341 g/mol. The van der Waals surface area contributed by atoms with Crippen molar-refractivity contribution in [3.05, 3.63) is 35.3 Å². The van der Waals surface area contributed by atoms with Gasteiger partial charge in [0, 0.05) is 12.1 Å². The smallest absolute Gasteiger partial charge is 0.239 e. The zero-order valence-electron chi connectivity index (χ0n) is 11.8. The van der Waals surface area contributed by atoms with E-state index in [1.165, 1.54) is 11.3 Å². The number of benzene rings is 1. The maximum atomic E-state index is 12.0. The summed E-state index contributed by atoms with van der Waals surface area (Å²) >= 11 is 1.49. The minimum atomic E-state index is -0.278. The van der Waals surface area contributed by atoms with Gasteiger partial charge in [-0.05, 0) is 0 Å². The van der Waals surface area contributed by atoms with E-state index in [0.717, 1.165) is 15.6 Å². The average Bonchev–Trinajstić information content (AvgIpc) is 3.03. The Balaban J connectivity index is 0.00000176. The number of nitrogens with zero attached hydrogens (tertiary/aromatic N) is 2. The number of carbonyl (C=O) groups is 1. The highest BCUT2D eigenvalue weighted by Gasteiger charge is 2.21. The molecular weight excluding hydrogens is 324 g/mol. The second-order valence-electron chi connectivity index (χ2n) is 4.67. The molecule has 118 valence electrons. The van der Waals surface area contributed by atoms with Crippen molar-refractivity contribution in [3.8, 4) is 10.6 Å². The van der Waals surface area contributed by atoms with Crippen molar-refractivity contribution in [2.24, 2.45) is 0 Å². The van der Waals surface area contributed by atoms with E-state index in [1.807, 2.05) is 30.3 Å². The Morgan fingerprint density at radius 1 is 1.36 bits per heavy atom. The standard InChI is InChI=1S/C14H16N4O2S.ClH/c19-13(11-9-20-7-6-15-11)16-8-12-17-18-14(21-12)10-4-2-1-3-5-10;/h1-5,11,15H,6-9H2,(H,16,19);1H. The molecule has 1 saturated heterocycles. The van der Waals surface area contributed by atoms with Gasteiger partial charge in [-0.2, -0.15) is 0 Å². The molecule has 1 unspecified atom stereocenters. The third-order valence-electron chi connectivity index (χ3n) is 3.14. The van der Waals surface area contributed by atoms with Gasteiger partial charge in [0.15, 0.2) is 0 Å². The van der Waals surface area contributed by atoms with Crippen molar-refractivity contribution in [2.45, 2.75) is 12.6 Å². The van der Waals surface area contributed by atoms with Crippen LogP contribution in [-0.2, 0) is 16.1 Å². The van der Waals surface area contributed by atoms with Crippen LogP contribution in [0, 0.1) is 0 Å². The number of amides is 1. The minimum absolute atomic E-state index is 0. The summed E-state index contributed by atoms with van der Waals surface area (Å²) in [5.41, 5.74) is 1.04. The third-order valence-corrected chi connectivity index (χ3v) is 4.11. The molecule has 0 spiro atoms. The molecule has 2 aromatic rings. The van der Waals surface area contributed by atoms with Crippen LogP contribution in [-0.4, -0.2) is 41.9 Å². The highest BCUT2D eigenvalue weighted by Crippen LogP contribution is 2.22. The van der Waals surface area contributed by atoms with Crippen molar-refractivity contribution in [3.63, 3.8) is 0 Å². The second-order valence-corrected chi connectivity index (χ2v) is 5.73. The van der Waals surface area contributed by atoms with Gasteiger partial charge in [0.05, 0.1) is 19.8 Å². The largest absolute Gasteiger partial charge is 0.378 e. The summed E-state index contributed by atoms with van der Waals surface area (Å²) in [6.07, 6.45) is 0. The van der Waals surface area contributed by atoms with Gasteiger partial charge in [0.1, 0.15) is 16.1 Å². The van der Waals surface area contributed by atoms with Crippen LogP contribution < -0.4 is 10.6 Å². The van der Waals surface area contributed by atoms with Crippen LogP contribution in [0.5, 0.6) is 0 Å². The lowest BCUT2D eigenvalue weighted by Crippen LogP contribution is -2.51. The van der Waals surface area contributed by atoms with Crippen LogP contribution in [0.4, 0.5) is 0 Å². The fraction of sp³-hybridized carbons (Fsp3) is 0.357. The molecule has 0 saturated carbocycles. The predicted octanol–water partition coefficient (Wildman–Crippen LogP) is 1.23. The SMILES string of the molecule is Cl.O=C(NCc1nnc(-c2ccccc2)s1)C1COCCN1. The number of morpholine rings is 1. The molecule has 22 heavy (non-hydrogen) atoms. The van der Waals surface area contributed by atoms with Gasteiger partial charge in [-0.15, -0.1) is 22.6 Å². The first-order valence-electron chi connectivity index (χ1n) is 6.79. The molecule has 1 amide bonds. The molecule has 1 aliphatic heterocycles. The quantitative estimate of drug-likeness (QED) is 0.875. The van der Waals surface area contributed by atoms with E-state index in [0.29, 0.717) is 26.3 Å². The zero-order chi connectivity index (χ0) is 14.5. The van der Waals surface area contributed by atoms with Gasteiger partial charge in [0.2, 0.25) is 5.91 Å². The Bertz CT molecular complexity index is 602. The number of aromatic nitrogens is 2. The predicted molar refractivity (Wildman–Crippen MR) is 87.0 cm³/mol. The molecule has 1 fully saturated rings. The summed E-state index contributed by atoms with van der Waals surface area (Å²) in [6, 6.07) is 9.60. The van der Waals surface area contributed by atoms with Gasteiger partial charge in [-0.25, -0.2) is 0 Å². The van der Waals surface area contributed by atoms with E-state index in [4.69, 9.17) is 4.74 Å². The van der Waals surface area contributed by atoms with E-state index >= 15 is 0 Å². The van der Waals surface area contributed by atoms with Crippen molar-refractivity contribution in [1.29, 1.82) is 0 Å². The van der Waals surface area contributed by atoms with E-state index in [-0.39, 0.29) is 24.4 Å². The Kier molecular flexibility index (Phi) is 6.26. The minimum Gasteiger partial charge on any atom is -0.378 e. The molecule has 1 aliphatic rings. The first kappa shape index (κ1) is 16.8. The van der Waals surface area contributed by atoms with Crippen LogP contribution in [0.3, 0.4) is 0 Å². The lowest BCUT2D eigenvalue weighted by Gasteiger charge is -2.22. The van der Waals surface area contributed by atoms with Gasteiger partial charge in [-0.1, -0.05) is 41.7 Å². The summed E-state index contributed by atoms with van der Waals surface area (Å²) in [6.45, 7) is 2.16. The number of hydrogen-bond donors (Lipinski definition) is 2. The highest BCUT2D eigenvalue weighted by atomic mass is 35.5. The number of nitrogens with one attached hydrogen (secondary N) is 2. The number of rotatable bonds is 4. The molecule has 1 aromatic carbocycles. The summed E-state index contributed by atoms with van der Waals surface area (Å²) in [4.78, 5) is 12.0. The van der Waals surface area contributed by atoms with Crippen LogP contribution in [0.15, 0.2) is 30.3 Å². The Morgan fingerprint density at radius 2 is 2.18 bits per heavy atom. The number of ether oxygens (including phenoxy) is 1. The van der Waals surface area contributed by atoms with Crippen molar-refractivity contribution < 1.29 is 9.53 Å². The summed E-state index contributed by atoms with van der Waals surface area (Å²) < 4.78 is 5.27. The number of halogens is 1. The molecule has 2 N–H and O–H groups in total. The van der Waals surface area contributed by atoms with Crippen molar-refractivity contribution in [1.82, 2.24) is 20.8 Å². The Hall–Kier alpha value is -1.54. The van der Waals surface area contributed by atoms with Gasteiger partial charge in [-0.3, -0.25) is 4.79 Å². The normalized spacial score (nSPS) is 17.5. The molecule has 8 heteroatoms. The van der Waals surface area contributed by atoms with Crippen molar-refractivity contribution >= 4 is 29.7 Å². The van der Waals surface area contributed by atoms with Crippen LogP contribution in [0.25, 0.3) is 10.6 Å². The lowest BCUT2D eigenvalue weighted by molar-refractivity contribution is -0.126. The van der Waals surface area contributed by atoms with Gasteiger partial charge >= 0.3 is 0 Å². The Labute approximate surface area is 138 Å². The summed E-state index contributed by atoms with van der Waals surface area (Å²) in [7, 11) is 0. The summed E-state index contributed by atoms with van der Waals surface area (Å²) in [5, 5.41) is 15.9. The molecular formula is C14H17ClN4O2S. The first-order valence-corrected chi connectivity index (χ1v) is 7.61. The number of hydrogen-bond acceptors (Lipinski definition) is 6. The zero-order valence-corrected chi connectivity index (χ0v) is 13.5. The maximum absolute atomic E-state index is 12.0. The molecule has 1 atom stereocenters. The fourth-order valence-corrected chi connectivity index (χ4v) is 2.83. The van der Waals surface area contributed by atoms with E-state index in [1.54, 1.807) is 0 Å². The van der Waals surface area contributed by atoms with E-state index in [2.05, 4.69) is 20.8 Å². The van der Waals surface area contributed by atoms with Crippen LogP contribution in [0.1, 0.15) is 5.01 Å². The monoisotopic (exact) mass is 340 g/mol. The van der Waals surface area contributed by atoms with Crippen LogP contribution >= 0.6 is 23.7 Å².